The van der Waals surface area contributed by atoms with Crippen molar-refractivity contribution in [3.63, 3.8) is 0 Å². The van der Waals surface area contributed by atoms with Crippen molar-refractivity contribution in [3.05, 3.63) is 54.4 Å². The van der Waals surface area contributed by atoms with E-state index in [0.717, 1.165) is 5.56 Å². The first kappa shape index (κ1) is 14.8. The lowest BCUT2D eigenvalue weighted by Crippen LogP contribution is -2.28. The first-order valence-electron chi connectivity index (χ1n) is 6.80. The molecular formula is C16H18N2O3. The fourth-order valence-corrected chi connectivity index (χ4v) is 1.74. The normalized spacial score (nSPS) is 9.95. The first-order valence-corrected chi connectivity index (χ1v) is 6.80. The standard InChI is InChI=1S/C16H18N2O3/c1-2-20-14-7-3-4-8-15(14)21-12-16(19)18-11-13-6-5-9-17-10-13/h3-10H,2,11-12H2,1H3,(H,18,19). The van der Waals surface area contributed by atoms with Gasteiger partial charge in [0, 0.05) is 18.9 Å². The van der Waals surface area contributed by atoms with Gasteiger partial charge in [0.05, 0.1) is 6.61 Å². The molecule has 110 valence electrons. The molecule has 0 saturated heterocycles. The average Bonchev–Trinajstić information content (AvgIpc) is 2.53. The number of carbonyl (C=O) groups excluding carboxylic acids is 1. The predicted octanol–water partition coefficient (Wildman–Crippen LogP) is 2.18. The van der Waals surface area contributed by atoms with Gasteiger partial charge < -0.3 is 14.8 Å². The summed E-state index contributed by atoms with van der Waals surface area (Å²) in [6.45, 7) is 2.83. The molecule has 1 amide bonds. The van der Waals surface area contributed by atoms with E-state index in [0.29, 0.717) is 24.7 Å². The molecular weight excluding hydrogens is 268 g/mol. The second kappa shape index (κ2) is 7.89. The lowest BCUT2D eigenvalue weighted by molar-refractivity contribution is -0.123. The van der Waals surface area contributed by atoms with Crippen molar-refractivity contribution >= 4 is 5.91 Å². The summed E-state index contributed by atoms with van der Waals surface area (Å²) in [5, 5.41) is 2.78. The molecule has 0 unspecified atom stereocenters. The minimum absolute atomic E-state index is 0.0512. The van der Waals surface area contributed by atoms with E-state index in [4.69, 9.17) is 9.47 Å². The van der Waals surface area contributed by atoms with E-state index < -0.39 is 0 Å². The van der Waals surface area contributed by atoms with Gasteiger partial charge in [-0.25, -0.2) is 0 Å². The zero-order chi connectivity index (χ0) is 14.9. The number of nitrogens with one attached hydrogen (secondary N) is 1. The van der Waals surface area contributed by atoms with Gasteiger partial charge in [0.2, 0.25) is 0 Å². The Morgan fingerprint density at radius 1 is 1.14 bits per heavy atom. The summed E-state index contributed by atoms with van der Waals surface area (Å²) in [7, 11) is 0. The molecule has 1 aromatic heterocycles. The van der Waals surface area contributed by atoms with Crippen LogP contribution < -0.4 is 14.8 Å². The molecule has 2 aromatic rings. The monoisotopic (exact) mass is 286 g/mol. The van der Waals surface area contributed by atoms with Crippen molar-refractivity contribution in [2.45, 2.75) is 13.5 Å². The molecule has 0 bridgehead atoms. The second-order valence-corrected chi connectivity index (χ2v) is 4.31. The molecule has 21 heavy (non-hydrogen) atoms. The largest absolute Gasteiger partial charge is 0.490 e. The summed E-state index contributed by atoms with van der Waals surface area (Å²) in [4.78, 5) is 15.8. The van der Waals surface area contributed by atoms with Crippen molar-refractivity contribution in [2.75, 3.05) is 13.2 Å². The average molecular weight is 286 g/mol. The van der Waals surface area contributed by atoms with Gasteiger partial charge in [-0.3, -0.25) is 9.78 Å². The number of carbonyl (C=O) groups is 1. The van der Waals surface area contributed by atoms with Gasteiger partial charge in [-0.15, -0.1) is 0 Å². The van der Waals surface area contributed by atoms with Crippen LogP contribution in [0.4, 0.5) is 0 Å². The summed E-state index contributed by atoms with van der Waals surface area (Å²) in [6, 6.07) is 11.0. The third-order valence-electron chi connectivity index (χ3n) is 2.72. The molecule has 2 rings (SSSR count). The lowest BCUT2D eigenvalue weighted by Gasteiger charge is -2.11. The third kappa shape index (κ3) is 4.80. The van der Waals surface area contributed by atoms with Crippen LogP contribution in [0.2, 0.25) is 0 Å². The highest BCUT2D eigenvalue weighted by Gasteiger charge is 2.07. The van der Waals surface area contributed by atoms with E-state index in [-0.39, 0.29) is 12.5 Å². The lowest BCUT2D eigenvalue weighted by atomic mass is 10.3. The number of para-hydroxylation sites is 2. The number of rotatable bonds is 7. The Hall–Kier alpha value is -2.56. The molecule has 1 heterocycles. The molecule has 0 saturated carbocycles. The molecule has 0 atom stereocenters. The Labute approximate surface area is 123 Å². The molecule has 1 N–H and O–H groups in total. The zero-order valence-corrected chi connectivity index (χ0v) is 11.9. The van der Waals surface area contributed by atoms with Crippen LogP contribution in [-0.4, -0.2) is 24.1 Å². The van der Waals surface area contributed by atoms with Crippen molar-refractivity contribution in [1.29, 1.82) is 0 Å². The Morgan fingerprint density at radius 2 is 1.90 bits per heavy atom. The number of pyridine rings is 1. The highest BCUT2D eigenvalue weighted by atomic mass is 16.5. The van der Waals surface area contributed by atoms with Gasteiger partial charge in [-0.2, -0.15) is 0 Å². The van der Waals surface area contributed by atoms with E-state index >= 15 is 0 Å². The zero-order valence-electron chi connectivity index (χ0n) is 11.9. The van der Waals surface area contributed by atoms with Gasteiger partial charge in [-0.1, -0.05) is 18.2 Å². The van der Waals surface area contributed by atoms with Crippen molar-refractivity contribution in [1.82, 2.24) is 10.3 Å². The molecule has 0 fully saturated rings. The SMILES string of the molecule is CCOc1ccccc1OCC(=O)NCc1cccnc1. The summed E-state index contributed by atoms with van der Waals surface area (Å²) in [6.07, 6.45) is 3.41. The van der Waals surface area contributed by atoms with Gasteiger partial charge in [-0.05, 0) is 30.7 Å². The summed E-state index contributed by atoms with van der Waals surface area (Å²) < 4.78 is 10.9. The van der Waals surface area contributed by atoms with E-state index in [1.807, 2.05) is 37.3 Å². The van der Waals surface area contributed by atoms with E-state index in [1.165, 1.54) is 0 Å². The Kier molecular flexibility index (Phi) is 5.58. The van der Waals surface area contributed by atoms with Gasteiger partial charge in [0.1, 0.15) is 0 Å². The number of nitrogens with zero attached hydrogens (tertiary/aromatic N) is 1. The number of hydrogen-bond acceptors (Lipinski definition) is 4. The molecule has 0 spiro atoms. The van der Waals surface area contributed by atoms with Crippen LogP contribution in [0.1, 0.15) is 12.5 Å². The number of ether oxygens (including phenoxy) is 2. The summed E-state index contributed by atoms with van der Waals surface area (Å²) in [5.74, 6) is 1.01. The highest BCUT2D eigenvalue weighted by Crippen LogP contribution is 2.26. The molecule has 1 aromatic carbocycles. The van der Waals surface area contributed by atoms with Crippen LogP contribution in [0.15, 0.2) is 48.8 Å². The molecule has 0 aliphatic rings. The topological polar surface area (TPSA) is 60.5 Å². The fourth-order valence-electron chi connectivity index (χ4n) is 1.74. The Balaban J connectivity index is 1.81. The highest BCUT2D eigenvalue weighted by molar-refractivity contribution is 5.77. The number of amides is 1. The van der Waals surface area contributed by atoms with Gasteiger partial charge in [0.15, 0.2) is 18.1 Å². The fraction of sp³-hybridized carbons (Fsp3) is 0.250. The minimum Gasteiger partial charge on any atom is -0.490 e. The van der Waals surface area contributed by atoms with Crippen LogP contribution in [0.3, 0.4) is 0 Å². The van der Waals surface area contributed by atoms with Crippen LogP contribution in [0.25, 0.3) is 0 Å². The van der Waals surface area contributed by atoms with E-state index in [9.17, 15) is 4.79 Å². The van der Waals surface area contributed by atoms with Crippen molar-refractivity contribution in [2.24, 2.45) is 0 Å². The Bertz CT molecular complexity index is 573. The van der Waals surface area contributed by atoms with Crippen molar-refractivity contribution in [3.8, 4) is 11.5 Å². The van der Waals surface area contributed by atoms with Crippen LogP contribution in [0.5, 0.6) is 11.5 Å². The van der Waals surface area contributed by atoms with E-state index in [1.54, 1.807) is 18.5 Å². The maximum atomic E-state index is 11.8. The maximum absolute atomic E-state index is 11.8. The van der Waals surface area contributed by atoms with Crippen LogP contribution >= 0.6 is 0 Å². The minimum atomic E-state index is -0.190. The molecule has 5 heteroatoms. The molecule has 5 nitrogen and oxygen atoms in total. The molecule has 0 radical (unpaired) electrons. The number of aromatic nitrogens is 1. The van der Waals surface area contributed by atoms with Crippen LogP contribution in [0, 0.1) is 0 Å². The first-order chi connectivity index (χ1) is 10.3. The number of benzene rings is 1. The second-order valence-electron chi connectivity index (χ2n) is 4.31. The predicted molar refractivity (Wildman–Crippen MR) is 79.2 cm³/mol. The number of hydrogen-bond donors (Lipinski definition) is 1. The van der Waals surface area contributed by atoms with Gasteiger partial charge >= 0.3 is 0 Å². The van der Waals surface area contributed by atoms with Gasteiger partial charge in [0.25, 0.3) is 5.91 Å². The van der Waals surface area contributed by atoms with Crippen LogP contribution in [-0.2, 0) is 11.3 Å². The van der Waals surface area contributed by atoms with Crippen molar-refractivity contribution < 1.29 is 14.3 Å². The maximum Gasteiger partial charge on any atom is 0.258 e. The molecule has 0 aliphatic heterocycles. The van der Waals surface area contributed by atoms with E-state index in [2.05, 4.69) is 10.3 Å². The summed E-state index contributed by atoms with van der Waals surface area (Å²) >= 11 is 0. The Morgan fingerprint density at radius 3 is 2.57 bits per heavy atom. The summed E-state index contributed by atoms with van der Waals surface area (Å²) in [5.41, 5.74) is 0.945. The smallest absolute Gasteiger partial charge is 0.258 e. The molecule has 0 aliphatic carbocycles. The quantitative estimate of drug-likeness (QED) is 0.847. The third-order valence-corrected chi connectivity index (χ3v) is 2.72.